The molecule has 1 aliphatic heterocycles. The van der Waals surface area contributed by atoms with Crippen molar-refractivity contribution < 1.29 is 14.6 Å². The Morgan fingerprint density at radius 3 is 2.85 bits per heavy atom. The summed E-state index contributed by atoms with van der Waals surface area (Å²) >= 11 is 0. The monoisotopic (exact) mass is 275 g/mol. The average molecular weight is 275 g/mol. The number of aliphatic hydroxyl groups is 1. The average Bonchev–Trinajstić information content (AvgIpc) is 3.01. The minimum atomic E-state index is -0.327. The number of aliphatic hydroxyl groups excluding tert-OH is 1. The summed E-state index contributed by atoms with van der Waals surface area (Å²) in [6, 6.07) is 9.94. The lowest BCUT2D eigenvalue weighted by atomic mass is 10.2. The molecule has 1 amide bonds. The van der Waals surface area contributed by atoms with Crippen molar-refractivity contribution in [2.75, 3.05) is 26.3 Å². The number of ether oxygens (including phenoxy) is 1. The quantitative estimate of drug-likeness (QED) is 0.859. The summed E-state index contributed by atoms with van der Waals surface area (Å²) < 4.78 is 5.41. The summed E-state index contributed by atoms with van der Waals surface area (Å²) in [5.74, 6) is -0.0192. The minimum absolute atomic E-state index is 0.0192. The molecule has 0 saturated carbocycles. The van der Waals surface area contributed by atoms with Gasteiger partial charge in [0.05, 0.1) is 6.61 Å². The fraction of sp³-hybridized carbons (Fsp3) is 0.438. The first-order chi connectivity index (χ1) is 9.81. The van der Waals surface area contributed by atoms with Crippen molar-refractivity contribution in [3.8, 4) is 0 Å². The summed E-state index contributed by atoms with van der Waals surface area (Å²) in [5.41, 5.74) is 1.10. The number of benzene rings is 1. The zero-order valence-corrected chi connectivity index (χ0v) is 11.6. The van der Waals surface area contributed by atoms with Gasteiger partial charge in [-0.2, -0.15) is 0 Å². The molecule has 1 aromatic carbocycles. The second-order valence-corrected chi connectivity index (χ2v) is 4.82. The van der Waals surface area contributed by atoms with E-state index in [-0.39, 0.29) is 18.6 Å². The van der Waals surface area contributed by atoms with Crippen LogP contribution in [0.15, 0.2) is 36.4 Å². The van der Waals surface area contributed by atoms with Crippen LogP contribution in [0.2, 0.25) is 0 Å². The molecule has 20 heavy (non-hydrogen) atoms. The van der Waals surface area contributed by atoms with Crippen molar-refractivity contribution in [2.45, 2.75) is 18.9 Å². The molecule has 0 bridgehead atoms. The second-order valence-electron chi connectivity index (χ2n) is 4.82. The van der Waals surface area contributed by atoms with Crippen LogP contribution in [0, 0.1) is 0 Å². The van der Waals surface area contributed by atoms with Crippen molar-refractivity contribution in [1.82, 2.24) is 4.90 Å². The summed E-state index contributed by atoms with van der Waals surface area (Å²) in [5, 5.41) is 9.09. The van der Waals surface area contributed by atoms with Crippen molar-refractivity contribution in [3.63, 3.8) is 0 Å². The van der Waals surface area contributed by atoms with Gasteiger partial charge < -0.3 is 14.7 Å². The van der Waals surface area contributed by atoms with E-state index >= 15 is 0 Å². The van der Waals surface area contributed by atoms with Crippen LogP contribution in [-0.2, 0) is 9.53 Å². The zero-order chi connectivity index (χ0) is 14.2. The van der Waals surface area contributed by atoms with Gasteiger partial charge >= 0.3 is 0 Å². The maximum Gasteiger partial charge on any atom is 0.252 e. The van der Waals surface area contributed by atoms with Gasteiger partial charge in [-0.3, -0.25) is 4.79 Å². The molecule has 0 aliphatic carbocycles. The Bertz CT molecular complexity index is 438. The van der Waals surface area contributed by atoms with Gasteiger partial charge in [0.25, 0.3) is 5.91 Å². The van der Waals surface area contributed by atoms with E-state index in [1.165, 1.54) is 0 Å². The molecule has 108 valence electrons. The first kappa shape index (κ1) is 14.8. The lowest BCUT2D eigenvalue weighted by Crippen LogP contribution is -2.40. The van der Waals surface area contributed by atoms with Crippen LogP contribution < -0.4 is 0 Å². The maximum absolute atomic E-state index is 12.2. The Kier molecular flexibility index (Phi) is 5.77. The van der Waals surface area contributed by atoms with E-state index in [9.17, 15) is 4.79 Å². The van der Waals surface area contributed by atoms with Gasteiger partial charge in [-0.15, -0.1) is 0 Å². The standard InChI is InChI=1S/C16H21NO3/c18-12-11-17(16(19)15-9-5-13-20-15)10-4-8-14-6-2-1-3-7-14/h1-4,6-8,15,18H,5,9-13H2/t15-/m1/s1. The highest BCUT2D eigenvalue weighted by molar-refractivity contribution is 5.81. The summed E-state index contributed by atoms with van der Waals surface area (Å²) in [6.45, 7) is 1.47. The smallest absolute Gasteiger partial charge is 0.252 e. The zero-order valence-electron chi connectivity index (χ0n) is 11.6. The van der Waals surface area contributed by atoms with E-state index in [1.54, 1.807) is 4.90 Å². The topological polar surface area (TPSA) is 49.8 Å². The van der Waals surface area contributed by atoms with Gasteiger partial charge in [-0.1, -0.05) is 42.5 Å². The lowest BCUT2D eigenvalue weighted by Gasteiger charge is -2.23. The van der Waals surface area contributed by atoms with Gasteiger partial charge in [-0.25, -0.2) is 0 Å². The maximum atomic E-state index is 12.2. The van der Waals surface area contributed by atoms with Gasteiger partial charge in [-0.05, 0) is 18.4 Å². The third-order valence-electron chi connectivity index (χ3n) is 3.32. The molecule has 2 rings (SSSR count). The van der Waals surface area contributed by atoms with Crippen molar-refractivity contribution in [2.24, 2.45) is 0 Å². The molecule has 1 aromatic rings. The van der Waals surface area contributed by atoms with Gasteiger partial charge in [0, 0.05) is 19.7 Å². The minimum Gasteiger partial charge on any atom is -0.395 e. The van der Waals surface area contributed by atoms with Gasteiger partial charge in [0.2, 0.25) is 0 Å². The normalized spacial score (nSPS) is 18.6. The lowest BCUT2D eigenvalue weighted by molar-refractivity contribution is -0.140. The van der Waals surface area contributed by atoms with Crippen LogP contribution in [0.5, 0.6) is 0 Å². The number of amides is 1. The Morgan fingerprint density at radius 2 is 2.20 bits per heavy atom. The molecule has 1 atom stereocenters. The van der Waals surface area contributed by atoms with Crippen molar-refractivity contribution >= 4 is 12.0 Å². The second kappa shape index (κ2) is 7.82. The van der Waals surface area contributed by atoms with Crippen molar-refractivity contribution in [3.05, 3.63) is 42.0 Å². The molecule has 1 heterocycles. The highest BCUT2D eigenvalue weighted by Gasteiger charge is 2.27. The van der Waals surface area contributed by atoms with E-state index in [0.717, 1.165) is 18.4 Å². The first-order valence-electron chi connectivity index (χ1n) is 7.04. The third kappa shape index (κ3) is 4.18. The van der Waals surface area contributed by atoms with E-state index in [1.807, 2.05) is 42.5 Å². The van der Waals surface area contributed by atoms with Crippen LogP contribution in [0.3, 0.4) is 0 Å². The van der Waals surface area contributed by atoms with Crippen LogP contribution in [0.4, 0.5) is 0 Å². The summed E-state index contributed by atoms with van der Waals surface area (Å²) in [6.07, 6.45) is 5.31. The number of carbonyl (C=O) groups is 1. The molecular formula is C16H21NO3. The van der Waals surface area contributed by atoms with Crippen LogP contribution >= 0.6 is 0 Å². The van der Waals surface area contributed by atoms with E-state index in [4.69, 9.17) is 9.84 Å². The fourth-order valence-electron chi connectivity index (χ4n) is 2.27. The molecule has 4 heteroatoms. The fourth-order valence-corrected chi connectivity index (χ4v) is 2.27. The Balaban J connectivity index is 1.91. The molecule has 1 fully saturated rings. The SMILES string of the molecule is O=C([C@H]1CCCO1)N(CC=Cc1ccccc1)CCO. The summed E-state index contributed by atoms with van der Waals surface area (Å²) in [4.78, 5) is 13.9. The molecule has 0 aromatic heterocycles. The molecule has 1 aliphatic rings. The molecule has 1 N–H and O–H groups in total. The van der Waals surface area contributed by atoms with Crippen LogP contribution in [0.1, 0.15) is 18.4 Å². The number of rotatable bonds is 6. The predicted octanol–water partition coefficient (Wildman–Crippen LogP) is 1.70. The predicted molar refractivity (Wildman–Crippen MR) is 78.1 cm³/mol. The Labute approximate surface area is 119 Å². The molecule has 0 radical (unpaired) electrons. The van der Waals surface area contributed by atoms with E-state index in [2.05, 4.69) is 0 Å². The number of hydrogen-bond acceptors (Lipinski definition) is 3. The molecule has 0 unspecified atom stereocenters. The summed E-state index contributed by atoms with van der Waals surface area (Å²) in [7, 11) is 0. The number of carbonyl (C=O) groups excluding carboxylic acids is 1. The third-order valence-corrected chi connectivity index (χ3v) is 3.32. The van der Waals surface area contributed by atoms with Gasteiger partial charge in [0.1, 0.15) is 6.10 Å². The van der Waals surface area contributed by atoms with Crippen molar-refractivity contribution in [1.29, 1.82) is 0 Å². The highest BCUT2D eigenvalue weighted by Crippen LogP contribution is 2.14. The van der Waals surface area contributed by atoms with E-state index in [0.29, 0.717) is 19.7 Å². The number of hydrogen-bond donors (Lipinski definition) is 1. The Hall–Kier alpha value is -1.65. The van der Waals surface area contributed by atoms with Crippen LogP contribution in [-0.4, -0.2) is 48.3 Å². The highest BCUT2D eigenvalue weighted by atomic mass is 16.5. The van der Waals surface area contributed by atoms with E-state index < -0.39 is 0 Å². The van der Waals surface area contributed by atoms with Crippen LogP contribution in [0.25, 0.3) is 6.08 Å². The Morgan fingerprint density at radius 1 is 1.40 bits per heavy atom. The largest absolute Gasteiger partial charge is 0.395 e. The van der Waals surface area contributed by atoms with Gasteiger partial charge in [0.15, 0.2) is 0 Å². The first-order valence-corrected chi connectivity index (χ1v) is 7.04. The molecule has 1 saturated heterocycles. The molecule has 4 nitrogen and oxygen atoms in total. The molecule has 0 spiro atoms. The number of nitrogens with zero attached hydrogens (tertiary/aromatic N) is 1. The molecular weight excluding hydrogens is 254 g/mol.